The molecule has 0 saturated carbocycles. The summed E-state index contributed by atoms with van der Waals surface area (Å²) < 4.78 is 0. The molecule has 25 heavy (non-hydrogen) atoms. The number of nitrogens with zero attached hydrogens (tertiary/aromatic N) is 2. The van der Waals surface area contributed by atoms with Crippen LogP contribution in [0.1, 0.15) is 32.4 Å². The summed E-state index contributed by atoms with van der Waals surface area (Å²) in [6.45, 7) is 4.25. The molecule has 3 nitrogen and oxygen atoms in total. The second-order valence-electron chi connectivity index (χ2n) is 6.94. The maximum atomic E-state index is 5.76. The van der Waals surface area contributed by atoms with E-state index in [9.17, 15) is 0 Å². The third kappa shape index (κ3) is 3.02. The highest BCUT2D eigenvalue weighted by Crippen LogP contribution is 2.33. The Balaban J connectivity index is 1.75. The monoisotopic (exact) mass is 330 g/mol. The summed E-state index contributed by atoms with van der Waals surface area (Å²) in [6, 6.07) is 18.9. The van der Waals surface area contributed by atoms with Crippen LogP contribution in [0.4, 0.5) is 0 Å². The van der Waals surface area contributed by atoms with Crippen molar-refractivity contribution in [3.63, 3.8) is 0 Å². The lowest BCUT2D eigenvalue weighted by Crippen LogP contribution is -2.28. The van der Waals surface area contributed by atoms with E-state index < -0.39 is 0 Å². The maximum absolute atomic E-state index is 5.76. The number of hydrogen-bond acceptors (Lipinski definition) is 3. The van der Waals surface area contributed by atoms with Gasteiger partial charge < -0.3 is 4.84 Å². The minimum Gasteiger partial charge on any atom is -0.389 e. The van der Waals surface area contributed by atoms with Gasteiger partial charge in [-0.05, 0) is 24.3 Å². The van der Waals surface area contributed by atoms with Crippen LogP contribution >= 0.6 is 0 Å². The zero-order valence-corrected chi connectivity index (χ0v) is 14.7. The van der Waals surface area contributed by atoms with Gasteiger partial charge in [0.05, 0.1) is 11.4 Å². The van der Waals surface area contributed by atoms with Crippen LogP contribution in [-0.2, 0) is 11.3 Å². The molecule has 1 atom stereocenters. The van der Waals surface area contributed by atoms with Crippen LogP contribution in [0.15, 0.2) is 65.9 Å². The number of rotatable bonds is 4. The Morgan fingerprint density at radius 2 is 1.72 bits per heavy atom. The van der Waals surface area contributed by atoms with Gasteiger partial charge >= 0.3 is 0 Å². The van der Waals surface area contributed by atoms with E-state index in [4.69, 9.17) is 9.82 Å². The second kappa shape index (κ2) is 6.32. The lowest BCUT2D eigenvalue weighted by molar-refractivity contribution is -0.00326. The predicted octanol–water partition coefficient (Wildman–Crippen LogP) is 5.39. The van der Waals surface area contributed by atoms with Crippen molar-refractivity contribution in [2.24, 2.45) is 5.16 Å². The van der Waals surface area contributed by atoms with Crippen molar-refractivity contribution in [1.82, 2.24) is 4.98 Å². The average Bonchev–Trinajstić information content (AvgIpc) is 3.04. The highest BCUT2D eigenvalue weighted by Gasteiger charge is 2.34. The summed E-state index contributed by atoms with van der Waals surface area (Å²) in [5, 5.41) is 6.66. The van der Waals surface area contributed by atoms with Crippen LogP contribution in [0.2, 0.25) is 0 Å². The average molecular weight is 330 g/mol. The quantitative estimate of drug-likeness (QED) is 0.643. The first-order valence-electron chi connectivity index (χ1n) is 8.84. The molecular formula is C22H22N2O. The van der Waals surface area contributed by atoms with Gasteiger partial charge in [0.25, 0.3) is 0 Å². The van der Waals surface area contributed by atoms with Gasteiger partial charge in [0.1, 0.15) is 5.60 Å². The van der Waals surface area contributed by atoms with E-state index in [1.54, 1.807) is 0 Å². The fourth-order valence-corrected chi connectivity index (χ4v) is 3.55. The Hall–Kier alpha value is -2.68. The Morgan fingerprint density at radius 3 is 2.44 bits per heavy atom. The van der Waals surface area contributed by atoms with Crippen molar-refractivity contribution in [3.05, 3.63) is 66.5 Å². The fourth-order valence-electron chi connectivity index (χ4n) is 3.55. The predicted molar refractivity (Wildman–Crippen MR) is 103 cm³/mol. The smallest absolute Gasteiger partial charge is 0.145 e. The van der Waals surface area contributed by atoms with E-state index in [1.165, 1.54) is 21.9 Å². The zero-order valence-electron chi connectivity index (χ0n) is 14.7. The van der Waals surface area contributed by atoms with E-state index in [0.717, 1.165) is 30.7 Å². The molecule has 0 bridgehead atoms. The lowest BCUT2D eigenvalue weighted by atomic mass is 9.90. The molecule has 1 aliphatic heterocycles. The van der Waals surface area contributed by atoms with Crippen LogP contribution in [0.5, 0.6) is 0 Å². The zero-order chi connectivity index (χ0) is 17.3. The summed E-state index contributed by atoms with van der Waals surface area (Å²) >= 11 is 0. The molecule has 1 unspecified atom stereocenters. The summed E-state index contributed by atoms with van der Waals surface area (Å²) in [6.07, 6.45) is 4.57. The number of pyridine rings is 1. The molecule has 3 heteroatoms. The molecule has 0 fully saturated rings. The van der Waals surface area contributed by atoms with Crippen molar-refractivity contribution in [1.29, 1.82) is 0 Å². The van der Waals surface area contributed by atoms with Crippen LogP contribution in [0.3, 0.4) is 0 Å². The van der Waals surface area contributed by atoms with Gasteiger partial charge in [0.15, 0.2) is 0 Å². The van der Waals surface area contributed by atoms with Gasteiger partial charge in [-0.1, -0.05) is 66.7 Å². The van der Waals surface area contributed by atoms with Crippen LogP contribution in [-0.4, -0.2) is 16.3 Å². The topological polar surface area (TPSA) is 34.5 Å². The van der Waals surface area contributed by atoms with Crippen molar-refractivity contribution in [2.75, 3.05) is 0 Å². The van der Waals surface area contributed by atoms with Crippen molar-refractivity contribution >= 4 is 16.5 Å². The minimum atomic E-state index is -0.296. The summed E-state index contributed by atoms with van der Waals surface area (Å²) in [5.41, 5.74) is 4.27. The minimum absolute atomic E-state index is 0.296. The van der Waals surface area contributed by atoms with Crippen LogP contribution < -0.4 is 0 Å². The third-order valence-electron chi connectivity index (χ3n) is 4.89. The number of fused-ring (bicyclic) bond motifs is 1. The van der Waals surface area contributed by atoms with Crippen LogP contribution in [0.25, 0.3) is 21.9 Å². The van der Waals surface area contributed by atoms with E-state index >= 15 is 0 Å². The Morgan fingerprint density at radius 1 is 1.00 bits per heavy atom. The van der Waals surface area contributed by atoms with Crippen molar-refractivity contribution in [2.45, 2.75) is 38.7 Å². The molecule has 0 aliphatic carbocycles. The van der Waals surface area contributed by atoms with Gasteiger partial charge in [0.2, 0.25) is 0 Å². The molecule has 1 aliphatic rings. The Bertz CT molecular complexity index is 933. The van der Waals surface area contributed by atoms with E-state index in [1.807, 2.05) is 12.3 Å². The van der Waals surface area contributed by atoms with Crippen molar-refractivity contribution < 1.29 is 4.84 Å². The number of oxime groups is 1. The molecule has 0 amide bonds. The molecule has 1 aromatic heterocycles. The summed E-state index contributed by atoms with van der Waals surface area (Å²) in [5.74, 6) is 0. The fraction of sp³-hybridized carbons (Fsp3) is 0.273. The van der Waals surface area contributed by atoms with Gasteiger partial charge in [-0.3, -0.25) is 4.98 Å². The van der Waals surface area contributed by atoms with Crippen molar-refractivity contribution in [3.8, 4) is 11.1 Å². The summed E-state index contributed by atoms with van der Waals surface area (Å²) in [4.78, 5) is 10.6. The summed E-state index contributed by atoms with van der Waals surface area (Å²) in [7, 11) is 0. The highest BCUT2D eigenvalue weighted by atomic mass is 16.7. The van der Waals surface area contributed by atoms with Gasteiger partial charge in [-0.15, -0.1) is 0 Å². The number of aromatic nitrogens is 1. The molecule has 0 N–H and O–H groups in total. The highest BCUT2D eigenvalue weighted by molar-refractivity contribution is 5.97. The van der Waals surface area contributed by atoms with Crippen LogP contribution in [0, 0.1) is 0 Å². The number of hydrogen-bond donors (Lipinski definition) is 0. The molecule has 2 heterocycles. The lowest BCUT2D eigenvalue weighted by Gasteiger charge is -2.22. The van der Waals surface area contributed by atoms with Gasteiger partial charge in [0, 0.05) is 30.0 Å². The number of benzene rings is 2. The van der Waals surface area contributed by atoms with Gasteiger partial charge in [-0.25, -0.2) is 0 Å². The van der Waals surface area contributed by atoms with E-state index in [2.05, 4.69) is 67.5 Å². The molecular weight excluding hydrogens is 308 g/mol. The normalized spacial score (nSPS) is 19.7. The Kier molecular flexibility index (Phi) is 4.00. The molecule has 2 aromatic carbocycles. The van der Waals surface area contributed by atoms with Gasteiger partial charge in [-0.2, -0.15) is 0 Å². The standard InChI is InChI=1S/C22H22N2O/c1-3-17-13-22(2,25-24-17)14-21-19-12-8-7-11-18(19)20(15-23-21)16-9-5-4-6-10-16/h4-12,15H,3,13-14H2,1-2H3. The maximum Gasteiger partial charge on any atom is 0.145 e. The molecule has 0 saturated heterocycles. The molecule has 0 radical (unpaired) electrons. The van der Waals surface area contributed by atoms with E-state index in [0.29, 0.717) is 0 Å². The molecule has 0 spiro atoms. The molecule has 3 aromatic rings. The second-order valence-corrected chi connectivity index (χ2v) is 6.94. The third-order valence-corrected chi connectivity index (χ3v) is 4.89. The Labute approximate surface area is 148 Å². The first kappa shape index (κ1) is 15.8. The largest absolute Gasteiger partial charge is 0.389 e. The molecule has 126 valence electrons. The first-order chi connectivity index (χ1) is 12.2. The SMILES string of the molecule is CCC1=NOC(C)(Cc2ncc(-c3ccccc3)c3ccccc23)C1. The first-order valence-corrected chi connectivity index (χ1v) is 8.84. The van der Waals surface area contributed by atoms with E-state index in [-0.39, 0.29) is 5.60 Å². The molecule has 4 rings (SSSR count).